The number of ether oxygens (including phenoxy) is 2. The molecule has 3 N–H and O–H groups in total. The van der Waals surface area contributed by atoms with E-state index < -0.39 is 37.4 Å². The van der Waals surface area contributed by atoms with Gasteiger partial charge in [0.15, 0.2) is 22.8 Å². The van der Waals surface area contributed by atoms with Crippen LogP contribution in [0.1, 0.15) is 48.2 Å². The third-order valence-corrected chi connectivity index (χ3v) is 13.3. The number of nitriles is 2. The Labute approximate surface area is 397 Å². The highest BCUT2D eigenvalue weighted by molar-refractivity contribution is 7.48. The molecule has 68 heavy (non-hydrogen) atoms. The SMILES string of the molecule is CCN(Cc1ccc(OC)cc1)c1nc(Nc2cc(C#N)cc(N3CC[C@@H](NC(=O)OC)[C@H](C(C)(OP(=O)(OCc4ccccc4)OCc4ccccc4)C(=O)O)C3)c2Cl)nn2c(C#N)cnc12. The van der Waals surface area contributed by atoms with E-state index in [0.717, 1.165) is 5.56 Å². The number of carboxylic acids is 1. The summed E-state index contributed by atoms with van der Waals surface area (Å²) in [6, 6.07) is 31.6. The van der Waals surface area contributed by atoms with Crippen LogP contribution < -0.4 is 25.2 Å². The molecule has 4 aromatic carbocycles. The summed E-state index contributed by atoms with van der Waals surface area (Å²) in [6.07, 6.45) is 0.678. The fourth-order valence-corrected chi connectivity index (χ4v) is 9.51. The number of methoxy groups -OCH3 is 2. The highest BCUT2D eigenvalue weighted by atomic mass is 35.5. The molecule has 0 spiro atoms. The van der Waals surface area contributed by atoms with Gasteiger partial charge in [-0.25, -0.2) is 19.1 Å². The van der Waals surface area contributed by atoms with E-state index in [1.54, 1.807) is 78.7 Å². The van der Waals surface area contributed by atoms with Gasteiger partial charge in [0.2, 0.25) is 5.95 Å². The average molecular weight is 963 g/mol. The quantitative estimate of drug-likeness (QED) is 0.0648. The first-order valence-corrected chi connectivity index (χ1v) is 23.2. The van der Waals surface area contributed by atoms with Gasteiger partial charge < -0.3 is 35.0 Å². The maximum absolute atomic E-state index is 14.8. The third kappa shape index (κ3) is 11.1. The Morgan fingerprint density at radius 2 is 1.63 bits per heavy atom. The smallest absolute Gasteiger partial charge is 0.476 e. The molecule has 1 unspecified atom stereocenters. The fourth-order valence-electron chi connectivity index (χ4n) is 7.77. The lowest BCUT2D eigenvalue weighted by Gasteiger charge is -2.46. The molecule has 0 radical (unpaired) electrons. The zero-order chi connectivity index (χ0) is 48.4. The Morgan fingerprint density at radius 3 is 2.21 bits per heavy atom. The topological polar surface area (TPSA) is 239 Å². The molecule has 6 aromatic rings. The second-order valence-corrected chi connectivity index (χ2v) is 17.7. The number of aromatic nitrogens is 4. The number of nitrogens with one attached hydrogen (secondary N) is 2. The number of carbonyl (C=O) groups excluding carboxylic acids is 1. The van der Waals surface area contributed by atoms with Crippen LogP contribution in [0.2, 0.25) is 5.02 Å². The molecule has 3 atom stereocenters. The first kappa shape index (κ1) is 48.7. The first-order valence-electron chi connectivity index (χ1n) is 21.3. The molecule has 0 bridgehead atoms. The number of carboxylic acid groups (broad SMARTS) is 1. The second-order valence-electron chi connectivity index (χ2n) is 15.8. The van der Waals surface area contributed by atoms with Crippen LogP contribution in [0.15, 0.2) is 103 Å². The van der Waals surface area contributed by atoms with Gasteiger partial charge in [-0.05, 0) is 61.2 Å². The van der Waals surface area contributed by atoms with Gasteiger partial charge in [0.25, 0.3) is 0 Å². The number of phosphoric acid groups is 1. The van der Waals surface area contributed by atoms with Crippen LogP contribution in [0.5, 0.6) is 5.75 Å². The number of halogens is 1. The Balaban J connectivity index is 1.24. The van der Waals surface area contributed by atoms with Gasteiger partial charge in [-0.3, -0.25) is 13.6 Å². The van der Waals surface area contributed by atoms with E-state index in [0.29, 0.717) is 47.1 Å². The van der Waals surface area contributed by atoms with E-state index in [-0.39, 0.29) is 60.6 Å². The van der Waals surface area contributed by atoms with E-state index >= 15 is 0 Å². The van der Waals surface area contributed by atoms with Gasteiger partial charge in [-0.15, -0.1) is 5.10 Å². The van der Waals surface area contributed by atoms with Gasteiger partial charge in [0, 0.05) is 38.1 Å². The normalized spacial score (nSPS) is 15.7. The minimum Gasteiger partial charge on any atom is -0.497 e. The molecule has 19 nitrogen and oxygen atoms in total. The number of hydrogen-bond acceptors (Lipinski definition) is 16. The van der Waals surface area contributed by atoms with Crippen molar-refractivity contribution < 1.29 is 42.3 Å². The third-order valence-electron chi connectivity index (χ3n) is 11.4. The van der Waals surface area contributed by atoms with E-state index in [2.05, 4.69) is 32.9 Å². The monoisotopic (exact) mass is 962 g/mol. The Bertz CT molecular complexity index is 2830. The number of alkyl carbamates (subject to hydrolysis) is 1. The number of rotatable bonds is 19. The number of anilines is 4. The molecule has 1 saturated heterocycles. The van der Waals surface area contributed by atoms with Gasteiger partial charge in [-0.2, -0.15) is 20.0 Å². The predicted molar refractivity (Wildman–Crippen MR) is 252 cm³/mol. The largest absolute Gasteiger partial charge is 0.497 e. The summed E-state index contributed by atoms with van der Waals surface area (Å²) in [5, 5.41) is 41.9. The number of amides is 1. The molecule has 1 amide bonds. The summed E-state index contributed by atoms with van der Waals surface area (Å²) < 4.78 is 44.3. The summed E-state index contributed by atoms with van der Waals surface area (Å²) in [4.78, 5) is 39.4. The number of benzene rings is 4. The van der Waals surface area contributed by atoms with E-state index in [4.69, 9.17) is 39.6 Å². The fraction of sp³-hybridized carbons (Fsp3) is 0.298. The Kier molecular flexibility index (Phi) is 15.5. The molecule has 0 aliphatic carbocycles. The molecular formula is C47H48ClN10O9P. The van der Waals surface area contributed by atoms with Crippen molar-refractivity contribution in [3.05, 3.63) is 136 Å². The van der Waals surface area contributed by atoms with E-state index in [1.165, 1.54) is 30.8 Å². The number of imidazole rings is 1. The van der Waals surface area contributed by atoms with E-state index in [9.17, 15) is 29.8 Å². The highest BCUT2D eigenvalue weighted by Gasteiger charge is 2.54. The van der Waals surface area contributed by atoms with Crippen LogP contribution >= 0.6 is 19.4 Å². The summed E-state index contributed by atoms with van der Waals surface area (Å²) in [5.41, 5.74) is 0.985. The van der Waals surface area contributed by atoms with Crippen molar-refractivity contribution in [3.63, 3.8) is 0 Å². The first-order chi connectivity index (χ1) is 32.8. The molecule has 352 valence electrons. The van der Waals surface area contributed by atoms with Crippen LogP contribution in [0.3, 0.4) is 0 Å². The second kappa shape index (κ2) is 21.6. The summed E-state index contributed by atoms with van der Waals surface area (Å²) in [6.45, 7) is 3.64. The van der Waals surface area contributed by atoms with Gasteiger partial charge >= 0.3 is 19.9 Å². The molecule has 0 saturated carbocycles. The van der Waals surface area contributed by atoms with Crippen LogP contribution in [-0.2, 0) is 47.4 Å². The minimum atomic E-state index is -4.75. The molecular weight excluding hydrogens is 915 g/mol. The van der Waals surface area contributed by atoms with Crippen molar-refractivity contribution in [2.24, 2.45) is 5.92 Å². The maximum atomic E-state index is 14.8. The van der Waals surface area contributed by atoms with Crippen molar-refractivity contribution in [1.29, 1.82) is 10.5 Å². The zero-order valence-electron chi connectivity index (χ0n) is 37.5. The zero-order valence-corrected chi connectivity index (χ0v) is 39.2. The number of nitrogens with zero attached hydrogens (tertiary/aromatic N) is 8. The van der Waals surface area contributed by atoms with Crippen molar-refractivity contribution in [3.8, 4) is 17.9 Å². The molecule has 7 rings (SSSR count). The number of piperidine rings is 1. The lowest BCUT2D eigenvalue weighted by Crippen LogP contribution is -2.61. The molecule has 21 heteroatoms. The van der Waals surface area contributed by atoms with Gasteiger partial charge in [0.05, 0.1) is 61.7 Å². The lowest BCUT2D eigenvalue weighted by atomic mass is 9.79. The van der Waals surface area contributed by atoms with Crippen molar-refractivity contribution in [1.82, 2.24) is 24.9 Å². The molecule has 3 heterocycles. The Hall–Kier alpha value is -7.25. The lowest BCUT2D eigenvalue weighted by molar-refractivity contribution is -0.163. The van der Waals surface area contributed by atoms with Crippen LogP contribution in [0.25, 0.3) is 5.65 Å². The molecule has 1 aliphatic rings. The number of phosphoric ester groups is 1. The van der Waals surface area contributed by atoms with Crippen LogP contribution in [0.4, 0.5) is 27.9 Å². The molecule has 1 aliphatic heterocycles. The predicted octanol–water partition coefficient (Wildman–Crippen LogP) is 8.25. The number of aliphatic carboxylic acids is 1. The molecule has 2 aromatic heterocycles. The molecule has 1 fully saturated rings. The number of hydrogen-bond donors (Lipinski definition) is 3. The summed E-state index contributed by atoms with van der Waals surface area (Å²) in [5.74, 6) is -1.59. The highest BCUT2D eigenvalue weighted by Crippen LogP contribution is 2.56. The number of fused-ring (bicyclic) bond motifs is 1. The van der Waals surface area contributed by atoms with E-state index in [1.807, 2.05) is 36.1 Å². The maximum Gasteiger partial charge on any atom is 0.476 e. The van der Waals surface area contributed by atoms with Crippen molar-refractivity contribution >= 4 is 60.3 Å². The minimum absolute atomic E-state index is 0.0191. The Morgan fingerprint density at radius 1 is 0.971 bits per heavy atom. The van der Waals surface area contributed by atoms with Gasteiger partial charge in [-0.1, -0.05) is 84.4 Å². The summed E-state index contributed by atoms with van der Waals surface area (Å²) >= 11 is 7.23. The number of carbonyl (C=O) groups is 2. The van der Waals surface area contributed by atoms with Crippen molar-refractivity contribution in [2.45, 2.75) is 51.7 Å². The van der Waals surface area contributed by atoms with Crippen LogP contribution in [-0.4, -0.2) is 82.2 Å². The standard InChI is InChI=1S/C47H48ClN10O9P/c1-5-56(27-31-16-18-36(63-3)19-17-31)43-42-51-26-35(25-50)58(42)55-45(54-43)52-39-22-34(24-49)23-40(41(39)48)57-21-20-38(53-46(61)64-4)37(28-57)47(2,44(59)60)67-68(62,65-29-32-12-8-6-9-13-32)66-30-33-14-10-7-11-15-33/h6-19,22-23,26,37-38H,5,20-21,27-30H2,1-4H3,(H,52,55)(H,53,61)(H,59,60)/t37-,38-,47?/m1/s1. The van der Waals surface area contributed by atoms with Crippen LogP contribution in [0, 0.1) is 28.6 Å². The average Bonchev–Trinajstić information content (AvgIpc) is 3.78. The van der Waals surface area contributed by atoms with Gasteiger partial charge in [0.1, 0.15) is 11.8 Å². The van der Waals surface area contributed by atoms with Crippen molar-refractivity contribution in [2.75, 3.05) is 49.0 Å². The summed E-state index contributed by atoms with van der Waals surface area (Å²) in [7, 11) is -1.98.